The first-order chi connectivity index (χ1) is 8.66. The van der Waals surface area contributed by atoms with E-state index < -0.39 is 6.17 Å². The van der Waals surface area contributed by atoms with Gasteiger partial charge in [0.1, 0.15) is 12.0 Å². The summed E-state index contributed by atoms with van der Waals surface area (Å²) in [6.45, 7) is 3.90. The predicted octanol–water partition coefficient (Wildman–Crippen LogP) is 4.46. The molecular weight excluding hydrogens is 250 g/mol. The van der Waals surface area contributed by atoms with Crippen molar-refractivity contribution in [3.05, 3.63) is 59.4 Å². The van der Waals surface area contributed by atoms with E-state index in [-0.39, 0.29) is 5.82 Å². The fourth-order valence-corrected chi connectivity index (χ4v) is 2.97. The molecule has 1 heterocycles. The molecule has 0 aliphatic carbocycles. The summed E-state index contributed by atoms with van der Waals surface area (Å²) >= 11 is 1.52. The van der Waals surface area contributed by atoms with Crippen LogP contribution < -0.4 is 0 Å². The van der Waals surface area contributed by atoms with Crippen molar-refractivity contribution in [3.8, 4) is 0 Å². The van der Waals surface area contributed by atoms with Crippen molar-refractivity contribution in [2.24, 2.45) is 0 Å². The topological polar surface area (TPSA) is 0 Å². The summed E-state index contributed by atoms with van der Waals surface area (Å²) in [7, 11) is 0. The fourth-order valence-electron chi connectivity index (χ4n) is 1.97. The van der Waals surface area contributed by atoms with Crippen molar-refractivity contribution >= 4 is 11.8 Å². The number of allylic oxidation sites excluding steroid dienone is 3. The van der Waals surface area contributed by atoms with Crippen LogP contribution in [0.1, 0.15) is 17.5 Å². The molecule has 0 radical (unpaired) electrons. The average Bonchev–Trinajstić information content (AvgIpc) is 2.35. The zero-order valence-corrected chi connectivity index (χ0v) is 11.0. The third-order valence-electron chi connectivity index (χ3n) is 2.92. The molecule has 2 rings (SSSR count). The van der Waals surface area contributed by atoms with Crippen molar-refractivity contribution in [1.82, 2.24) is 0 Å². The lowest BCUT2D eigenvalue weighted by Crippen LogP contribution is -2.02. The molecule has 96 valence electrons. The third kappa shape index (κ3) is 3.45. The Labute approximate surface area is 111 Å². The maximum atomic E-state index is 13.8. The van der Waals surface area contributed by atoms with E-state index in [4.69, 9.17) is 0 Å². The van der Waals surface area contributed by atoms with Gasteiger partial charge in [-0.15, -0.1) is 0 Å². The molecule has 0 bridgehead atoms. The minimum atomic E-state index is -0.839. The molecule has 1 aromatic carbocycles. The van der Waals surface area contributed by atoms with E-state index >= 15 is 0 Å². The number of halogens is 2. The molecule has 0 spiro atoms. The third-order valence-corrected chi connectivity index (χ3v) is 4.03. The Morgan fingerprint density at radius 1 is 1.33 bits per heavy atom. The van der Waals surface area contributed by atoms with Crippen LogP contribution in [0.5, 0.6) is 0 Å². The summed E-state index contributed by atoms with van der Waals surface area (Å²) in [6.07, 6.45) is 3.66. The lowest BCUT2D eigenvalue weighted by atomic mass is 10.0. The molecule has 0 fully saturated rings. The lowest BCUT2D eigenvalue weighted by molar-refractivity contribution is 0.371. The second-order valence-electron chi connectivity index (χ2n) is 4.46. The molecule has 0 amide bonds. The Bertz CT molecular complexity index is 466. The molecule has 1 unspecified atom stereocenters. The Kier molecular flexibility index (Phi) is 4.59. The zero-order chi connectivity index (χ0) is 13.0. The highest BCUT2D eigenvalue weighted by Crippen LogP contribution is 2.24. The quantitative estimate of drug-likeness (QED) is 0.668. The predicted molar refractivity (Wildman–Crippen MR) is 74.1 cm³/mol. The highest BCUT2D eigenvalue weighted by Gasteiger charge is 2.12. The highest BCUT2D eigenvalue weighted by molar-refractivity contribution is 7.98. The maximum Gasteiger partial charge on any atom is 0.127 e. The van der Waals surface area contributed by atoms with Gasteiger partial charge in [-0.25, -0.2) is 8.78 Å². The van der Waals surface area contributed by atoms with E-state index in [1.807, 2.05) is 6.07 Å². The SMILES string of the molecule is C=C1/C=C\CC(F)CSCc2cccc(F)c2C1. The van der Waals surface area contributed by atoms with Crippen LogP contribution in [0, 0.1) is 5.82 Å². The smallest absolute Gasteiger partial charge is 0.127 e. The van der Waals surface area contributed by atoms with E-state index in [1.54, 1.807) is 18.2 Å². The number of hydrogen-bond acceptors (Lipinski definition) is 1. The molecular formula is C15H16F2S. The Morgan fingerprint density at radius 3 is 3.00 bits per heavy atom. The summed E-state index contributed by atoms with van der Waals surface area (Å²) in [5.74, 6) is 0.909. The minimum absolute atomic E-state index is 0.196. The summed E-state index contributed by atoms with van der Waals surface area (Å²) in [5.41, 5.74) is 2.46. The van der Waals surface area contributed by atoms with Crippen molar-refractivity contribution < 1.29 is 8.78 Å². The summed E-state index contributed by atoms with van der Waals surface area (Å²) in [5, 5.41) is 0. The van der Waals surface area contributed by atoms with Crippen LogP contribution in [0.25, 0.3) is 0 Å². The van der Waals surface area contributed by atoms with Crippen molar-refractivity contribution in [3.63, 3.8) is 0 Å². The van der Waals surface area contributed by atoms with Gasteiger partial charge in [0.2, 0.25) is 0 Å². The second kappa shape index (κ2) is 6.19. The molecule has 0 saturated carbocycles. The molecule has 1 aliphatic rings. The molecule has 1 atom stereocenters. The first-order valence-electron chi connectivity index (χ1n) is 5.99. The number of benzene rings is 1. The molecule has 0 nitrogen and oxygen atoms in total. The van der Waals surface area contributed by atoms with Gasteiger partial charge in [-0.2, -0.15) is 11.8 Å². The largest absolute Gasteiger partial charge is 0.246 e. The number of alkyl halides is 1. The monoisotopic (exact) mass is 266 g/mol. The van der Waals surface area contributed by atoms with Crippen molar-refractivity contribution in [2.45, 2.75) is 24.8 Å². The van der Waals surface area contributed by atoms with E-state index in [1.165, 1.54) is 17.8 Å². The van der Waals surface area contributed by atoms with Gasteiger partial charge >= 0.3 is 0 Å². The van der Waals surface area contributed by atoms with E-state index in [0.717, 1.165) is 11.1 Å². The molecule has 0 N–H and O–H groups in total. The number of hydrogen-bond donors (Lipinski definition) is 0. The zero-order valence-electron chi connectivity index (χ0n) is 10.2. The van der Waals surface area contributed by atoms with E-state index in [9.17, 15) is 8.78 Å². The summed E-state index contributed by atoms with van der Waals surface area (Å²) < 4.78 is 27.3. The van der Waals surface area contributed by atoms with Crippen molar-refractivity contribution in [1.29, 1.82) is 0 Å². The van der Waals surface area contributed by atoms with Crippen LogP contribution >= 0.6 is 11.8 Å². The first kappa shape index (κ1) is 13.3. The average molecular weight is 266 g/mol. The van der Waals surface area contributed by atoms with Gasteiger partial charge in [0, 0.05) is 17.9 Å². The van der Waals surface area contributed by atoms with Crippen LogP contribution in [-0.2, 0) is 12.2 Å². The van der Waals surface area contributed by atoms with Gasteiger partial charge in [0.25, 0.3) is 0 Å². The van der Waals surface area contributed by atoms with E-state index in [2.05, 4.69) is 6.58 Å². The van der Waals surface area contributed by atoms with Gasteiger partial charge < -0.3 is 0 Å². The van der Waals surface area contributed by atoms with Crippen LogP contribution in [-0.4, -0.2) is 11.9 Å². The van der Waals surface area contributed by atoms with Crippen LogP contribution in [0.3, 0.4) is 0 Å². The van der Waals surface area contributed by atoms with E-state index in [0.29, 0.717) is 29.9 Å². The van der Waals surface area contributed by atoms with Gasteiger partial charge in [0.05, 0.1) is 0 Å². The molecule has 1 aromatic rings. The number of rotatable bonds is 0. The minimum Gasteiger partial charge on any atom is -0.246 e. The number of thioether (sulfide) groups is 1. The van der Waals surface area contributed by atoms with Gasteiger partial charge in [-0.3, -0.25) is 0 Å². The van der Waals surface area contributed by atoms with Crippen LogP contribution in [0.4, 0.5) is 8.78 Å². The van der Waals surface area contributed by atoms with Gasteiger partial charge in [-0.05, 0) is 23.6 Å². The normalized spacial score (nSPS) is 23.0. The summed E-state index contributed by atoms with van der Waals surface area (Å²) in [6, 6.07) is 5.09. The molecule has 3 heteroatoms. The first-order valence-corrected chi connectivity index (χ1v) is 7.14. The maximum absolute atomic E-state index is 13.8. The van der Waals surface area contributed by atoms with Crippen molar-refractivity contribution in [2.75, 3.05) is 5.75 Å². The second-order valence-corrected chi connectivity index (χ2v) is 5.49. The molecule has 0 aromatic heterocycles. The molecule has 0 saturated heterocycles. The lowest BCUT2D eigenvalue weighted by Gasteiger charge is -2.10. The molecule has 1 aliphatic heterocycles. The highest BCUT2D eigenvalue weighted by atomic mass is 32.2. The summed E-state index contributed by atoms with van der Waals surface area (Å²) in [4.78, 5) is 0. The Balaban J connectivity index is 2.29. The Morgan fingerprint density at radius 2 is 2.17 bits per heavy atom. The fraction of sp³-hybridized carbons (Fsp3) is 0.333. The van der Waals surface area contributed by atoms with Gasteiger partial charge in [0.15, 0.2) is 0 Å². The number of fused-ring (bicyclic) bond motifs is 1. The Hall–Kier alpha value is -1.09. The molecule has 18 heavy (non-hydrogen) atoms. The van der Waals surface area contributed by atoms with Crippen LogP contribution in [0.15, 0.2) is 42.5 Å². The van der Waals surface area contributed by atoms with Gasteiger partial charge in [-0.1, -0.05) is 36.4 Å². The standard InChI is InChI=1S/C15H16F2S/c1-11-4-2-6-13(16)10-18-9-12-5-3-7-15(17)14(12)8-11/h2-5,7,13H,1,6,8-10H2/b4-2-. The van der Waals surface area contributed by atoms with Crippen LogP contribution in [0.2, 0.25) is 0 Å².